The van der Waals surface area contributed by atoms with Crippen molar-refractivity contribution in [2.24, 2.45) is 5.41 Å². The van der Waals surface area contributed by atoms with Crippen LogP contribution < -0.4 is 20.1 Å². The second-order valence-electron chi connectivity index (χ2n) is 6.85. The zero-order valence-electron chi connectivity index (χ0n) is 15.1. The number of benzene rings is 1. The first-order chi connectivity index (χ1) is 11.6. The van der Waals surface area contributed by atoms with Crippen LogP contribution in [0, 0.1) is 5.41 Å². The van der Waals surface area contributed by atoms with E-state index in [1.54, 1.807) is 7.11 Å². The van der Waals surface area contributed by atoms with Crippen molar-refractivity contribution >= 4 is 5.91 Å². The molecule has 1 aliphatic rings. The molecule has 2 N–H and O–H groups in total. The molecule has 0 aliphatic heterocycles. The van der Waals surface area contributed by atoms with E-state index in [4.69, 9.17) is 9.47 Å². The number of methoxy groups -OCH3 is 1. The number of nitrogens with one attached hydrogen (secondary N) is 2. The molecule has 1 amide bonds. The molecule has 0 heterocycles. The Balaban J connectivity index is 1.86. The molecule has 1 aromatic carbocycles. The van der Waals surface area contributed by atoms with Gasteiger partial charge in [0.15, 0.2) is 18.1 Å². The zero-order chi connectivity index (χ0) is 17.4. The van der Waals surface area contributed by atoms with Crippen molar-refractivity contribution in [3.8, 4) is 11.5 Å². The van der Waals surface area contributed by atoms with Gasteiger partial charge < -0.3 is 20.1 Å². The standard InChI is InChI=1S/C19H30N2O3/c1-4-21-18(22)13-24-16-8-7-15(11-17(16)23-3)12-20-14-19(2)9-5-6-10-19/h7-8,11,20H,4-6,9-10,12-14H2,1-3H3,(H,21,22). The van der Waals surface area contributed by atoms with Crippen LogP contribution in [0.1, 0.15) is 45.1 Å². The predicted molar refractivity (Wildman–Crippen MR) is 95.5 cm³/mol. The smallest absolute Gasteiger partial charge is 0.257 e. The first kappa shape index (κ1) is 18.6. The Bertz CT molecular complexity index is 539. The van der Waals surface area contributed by atoms with Crippen LogP contribution in [0.3, 0.4) is 0 Å². The van der Waals surface area contributed by atoms with Gasteiger partial charge in [-0.15, -0.1) is 0 Å². The molecule has 5 heteroatoms. The number of rotatable bonds is 9. The lowest BCUT2D eigenvalue weighted by atomic mass is 9.89. The Hall–Kier alpha value is -1.75. The maximum Gasteiger partial charge on any atom is 0.257 e. The fraction of sp³-hybridized carbons (Fsp3) is 0.632. The van der Waals surface area contributed by atoms with Gasteiger partial charge in [-0.1, -0.05) is 25.8 Å². The summed E-state index contributed by atoms with van der Waals surface area (Å²) in [6, 6.07) is 5.85. The molecule has 1 aromatic rings. The number of ether oxygens (including phenoxy) is 2. The molecular formula is C19H30N2O3. The fourth-order valence-corrected chi connectivity index (χ4v) is 3.25. The molecule has 1 aliphatic carbocycles. The van der Waals surface area contributed by atoms with Crippen molar-refractivity contribution in [1.29, 1.82) is 0 Å². The van der Waals surface area contributed by atoms with Crippen molar-refractivity contribution in [2.45, 2.75) is 46.1 Å². The summed E-state index contributed by atoms with van der Waals surface area (Å²) in [6.07, 6.45) is 5.33. The van der Waals surface area contributed by atoms with Gasteiger partial charge >= 0.3 is 0 Å². The highest BCUT2D eigenvalue weighted by Gasteiger charge is 2.27. The Morgan fingerprint density at radius 1 is 1.25 bits per heavy atom. The number of hydrogen-bond donors (Lipinski definition) is 2. The summed E-state index contributed by atoms with van der Waals surface area (Å²) in [7, 11) is 1.62. The van der Waals surface area contributed by atoms with Crippen molar-refractivity contribution in [3.63, 3.8) is 0 Å². The molecule has 0 radical (unpaired) electrons. The van der Waals surface area contributed by atoms with Crippen molar-refractivity contribution in [2.75, 3.05) is 26.8 Å². The third-order valence-corrected chi connectivity index (χ3v) is 4.65. The van der Waals surface area contributed by atoms with E-state index in [0.717, 1.165) is 18.7 Å². The first-order valence-electron chi connectivity index (χ1n) is 8.83. The van der Waals surface area contributed by atoms with E-state index in [2.05, 4.69) is 17.6 Å². The monoisotopic (exact) mass is 334 g/mol. The van der Waals surface area contributed by atoms with Gasteiger partial charge in [-0.25, -0.2) is 0 Å². The molecule has 0 saturated heterocycles. The predicted octanol–water partition coefficient (Wildman–Crippen LogP) is 2.88. The van der Waals surface area contributed by atoms with Gasteiger partial charge in [0.25, 0.3) is 5.91 Å². The van der Waals surface area contributed by atoms with Crippen molar-refractivity contribution in [1.82, 2.24) is 10.6 Å². The summed E-state index contributed by atoms with van der Waals surface area (Å²) < 4.78 is 10.9. The second kappa shape index (κ2) is 8.92. The van der Waals surface area contributed by atoms with Crippen LogP contribution in [0.25, 0.3) is 0 Å². The summed E-state index contributed by atoms with van der Waals surface area (Å²) >= 11 is 0. The van der Waals surface area contributed by atoms with Crippen molar-refractivity contribution in [3.05, 3.63) is 23.8 Å². The molecular weight excluding hydrogens is 304 g/mol. The number of carbonyl (C=O) groups excluding carboxylic acids is 1. The molecule has 0 atom stereocenters. The Morgan fingerprint density at radius 2 is 2.00 bits per heavy atom. The summed E-state index contributed by atoms with van der Waals surface area (Å²) in [5.74, 6) is 1.12. The highest BCUT2D eigenvalue weighted by Crippen LogP contribution is 2.36. The van der Waals surface area contributed by atoms with E-state index in [9.17, 15) is 4.79 Å². The lowest BCUT2D eigenvalue weighted by Crippen LogP contribution is -2.29. The van der Waals surface area contributed by atoms with Crippen LogP contribution >= 0.6 is 0 Å². The lowest BCUT2D eigenvalue weighted by Gasteiger charge is -2.24. The Labute approximate surface area is 145 Å². The van der Waals surface area contributed by atoms with E-state index >= 15 is 0 Å². The number of hydrogen-bond acceptors (Lipinski definition) is 4. The molecule has 0 spiro atoms. The lowest BCUT2D eigenvalue weighted by molar-refractivity contribution is -0.123. The minimum atomic E-state index is -0.130. The van der Waals surface area contributed by atoms with Gasteiger partial charge in [-0.2, -0.15) is 0 Å². The normalized spacial score (nSPS) is 16.0. The van der Waals surface area contributed by atoms with Crippen LogP contribution in [-0.2, 0) is 11.3 Å². The molecule has 24 heavy (non-hydrogen) atoms. The van der Waals surface area contributed by atoms with Gasteiger partial charge in [0.05, 0.1) is 7.11 Å². The topological polar surface area (TPSA) is 59.6 Å². The van der Waals surface area contributed by atoms with Gasteiger partial charge in [0, 0.05) is 19.6 Å². The maximum atomic E-state index is 11.5. The molecule has 0 unspecified atom stereocenters. The molecule has 2 rings (SSSR count). The highest BCUT2D eigenvalue weighted by molar-refractivity contribution is 5.77. The molecule has 1 fully saturated rings. The number of carbonyl (C=O) groups is 1. The van der Waals surface area contributed by atoms with Crippen LogP contribution in [0.5, 0.6) is 11.5 Å². The third-order valence-electron chi connectivity index (χ3n) is 4.65. The Morgan fingerprint density at radius 3 is 2.67 bits per heavy atom. The van der Waals surface area contributed by atoms with E-state index < -0.39 is 0 Å². The van der Waals surface area contributed by atoms with E-state index in [0.29, 0.717) is 23.5 Å². The van der Waals surface area contributed by atoms with E-state index in [1.165, 1.54) is 25.7 Å². The minimum Gasteiger partial charge on any atom is -0.493 e. The maximum absolute atomic E-state index is 11.5. The summed E-state index contributed by atoms with van der Waals surface area (Å²) in [5, 5.41) is 6.27. The molecule has 0 aromatic heterocycles. The average molecular weight is 334 g/mol. The molecule has 0 bridgehead atoms. The third kappa shape index (κ3) is 5.41. The van der Waals surface area contributed by atoms with Crippen LogP contribution in [-0.4, -0.2) is 32.7 Å². The number of amides is 1. The van der Waals surface area contributed by atoms with E-state index in [1.807, 2.05) is 25.1 Å². The van der Waals surface area contributed by atoms with Crippen LogP contribution in [0.15, 0.2) is 18.2 Å². The van der Waals surface area contributed by atoms with Gasteiger partial charge in [-0.05, 0) is 42.9 Å². The van der Waals surface area contributed by atoms with Crippen LogP contribution in [0.2, 0.25) is 0 Å². The summed E-state index contributed by atoms with van der Waals surface area (Å²) in [6.45, 7) is 6.70. The highest BCUT2D eigenvalue weighted by atomic mass is 16.5. The molecule has 1 saturated carbocycles. The largest absolute Gasteiger partial charge is 0.493 e. The van der Waals surface area contributed by atoms with Gasteiger partial charge in [-0.3, -0.25) is 4.79 Å². The molecule has 5 nitrogen and oxygen atoms in total. The summed E-state index contributed by atoms with van der Waals surface area (Å²) in [5.41, 5.74) is 1.60. The zero-order valence-corrected chi connectivity index (χ0v) is 15.1. The summed E-state index contributed by atoms with van der Waals surface area (Å²) in [4.78, 5) is 11.5. The number of likely N-dealkylation sites (N-methyl/N-ethyl adjacent to an activating group) is 1. The first-order valence-corrected chi connectivity index (χ1v) is 8.83. The van der Waals surface area contributed by atoms with Gasteiger partial charge in [0.2, 0.25) is 0 Å². The van der Waals surface area contributed by atoms with Crippen LogP contribution in [0.4, 0.5) is 0 Å². The van der Waals surface area contributed by atoms with Crippen molar-refractivity contribution < 1.29 is 14.3 Å². The SMILES string of the molecule is CCNC(=O)COc1ccc(CNCC2(C)CCCC2)cc1OC. The minimum absolute atomic E-state index is 0.000150. The second-order valence-corrected chi connectivity index (χ2v) is 6.85. The Kier molecular flexibility index (Phi) is 6.91. The quantitative estimate of drug-likeness (QED) is 0.729. The fourth-order valence-electron chi connectivity index (χ4n) is 3.25. The van der Waals surface area contributed by atoms with Gasteiger partial charge in [0.1, 0.15) is 0 Å². The van der Waals surface area contributed by atoms with E-state index in [-0.39, 0.29) is 12.5 Å². The molecule has 134 valence electrons. The average Bonchev–Trinajstić information content (AvgIpc) is 3.00.